The van der Waals surface area contributed by atoms with Crippen molar-refractivity contribution in [3.05, 3.63) is 0 Å². The maximum atomic E-state index is 13.0. The lowest BCUT2D eigenvalue weighted by atomic mass is 9.71. The van der Waals surface area contributed by atoms with Crippen LogP contribution in [0.2, 0.25) is 0 Å². The van der Waals surface area contributed by atoms with E-state index in [1.165, 1.54) is 0 Å². The number of alkyl halides is 3. The first kappa shape index (κ1) is 12.7. The van der Waals surface area contributed by atoms with E-state index in [9.17, 15) is 18.3 Å². The average Bonchev–Trinajstić information content (AvgIpc) is 2.75. The maximum Gasteiger partial charge on any atom is 0.417 e. The molecule has 18 heavy (non-hydrogen) atoms. The Kier molecular flexibility index (Phi) is 2.73. The zero-order valence-corrected chi connectivity index (χ0v) is 10.6. The number of hydrogen-bond acceptors (Lipinski definition) is 2. The largest absolute Gasteiger partial charge is 0.417 e. The normalized spacial score (nSPS) is 46.8. The van der Waals surface area contributed by atoms with E-state index in [2.05, 4.69) is 4.90 Å². The molecule has 4 rings (SSSR count). The third-order valence-corrected chi connectivity index (χ3v) is 5.56. The molecule has 3 heterocycles. The van der Waals surface area contributed by atoms with E-state index in [0.29, 0.717) is 18.3 Å². The molecule has 0 aromatic heterocycles. The fourth-order valence-corrected chi connectivity index (χ4v) is 4.52. The van der Waals surface area contributed by atoms with Gasteiger partial charge in [-0.05, 0) is 57.5 Å². The van der Waals surface area contributed by atoms with Crippen molar-refractivity contribution in [2.24, 2.45) is 17.8 Å². The molecule has 4 aliphatic rings. The van der Waals surface area contributed by atoms with Crippen LogP contribution in [0.5, 0.6) is 0 Å². The number of hydrogen-bond donors (Lipinski definition) is 1. The summed E-state index contributed by atoms with van der Waals surface area (Å²) in [6.45, 7) is 2.79. The molecule has 0 aromatic carbocycles. The minimum absolute atomic E-state index is 0.0471. The lowest BCUT2D eigenvalue weighted by molar-refractivity contribution is -0.279. The first-order chi connectivity index (χ1) is 8.32. The van der Waals surface area contributed by atoms with Crippen molar-refractivity contribution in [1.82, 2.24) is 4.90 Å². The highest BCUT2D eigenvalue weighted by molar-refractivity contribution is 5.07. The molecule has 4 fully saturated rings. The third kappa shape index (κ3) is 1.63. The van der Waals surface area contributed by atoms with Crippen LogP contribution >= 0.6 is 0 Å². The Hall–Kier alpha value is -0.290. The summed E-state index contributed by atoms with van der Waals surface area (Å²) >= 11 is 0. The zero-order valence-electron chi connectivity index (χ0n) is 10.6. The summed E-state index contributed by atoms with van der Waals surface area (Å²) in [5, 5.41) is 9.97. The number of nitrogens with zero attached hydrogens (tertiary/aromatic N) is 1. The van der Waals surface area contributed by atoms with Gasteiger partial charge in [0.15, 0.2) is 5.60 Å². The predicted octanol–water partition coefficient (Wildman–Crippen LogP) is 2.42. The molecule has 0 aromatic rings. The second kappa shape index (κ2) is 3.85. The van der Waals surface area contributed by atoms with Gasteiger partial charge in [0.2, 0.25) is 0 Å². The SMILES string of the molecule is CC(O)(C1CCC2C3CCN(CC3)C21)C(F)(F)F. The van der Waals surface area contributed by atoms with Crippen LogP contribution in [0.25, 0.3) is 0 Å². The number of piperidine rings is 3. The summed E-state index contributed by atoms with van der Waals surface area (Å²) in [4.78, 5) is 2.20. The van der Waals surface area contributed by atoms with Gasteiger partial charge >= 0.3 is 6.18 Å². The average molecular weight is 263 g/mol. The van der Waals surface area contributed by atoms with E-state index in [4.69, 9.17) is 0 Å². The molecular weight excluding hydrogens is 243 g/mol. The molecular formula is C13H20F3NO. The van der Waals surface area contributed by atoms with Crippen molar-refractivity contribution in [1.29, 1.82) is 0 Å². The Labute approximate surface area is 105 Å². The summed E-state index contributed by atoms with van der Waals surface area (Å²) in [6, 6.07) is -0.0471. The Morgan fingerprint density at radius 2 is 1.67 bits per heavy atom. The number of fused-ring (bicyclic) bond motifs is 2. The molecule has 4 unspecified atom stereocenters. The molecule has 2 nitrogen and oxygen atoms in total. The minimum Gasteiger partial charge on any atom is -0.380 e. The Bertz CT molecular complexity index is 334. The van der Waals surface area contributed by atoms with E-state index in [0.717, 1.165) is 39.3 Å². The van der Waals surface area contributed by atoms with Crippen molar-refractivity contribution in [3.63, 3.8) is 0 Å². The second-order valence-electron chi connectivity index (χ2n) is 6.36. The summed E-state index contributed by atoms with van der Waals surface area (Å²) in [5.41, 5.74) is -2.54. The summed E-state index contributed by atoms with van der Waals surface area (Å²) in [7, 11) is 0. The first-order valence-corrected chi connectivity index (χ1v) is 6.85. The standard InChI is InChI=1S/C13H20F3NO/c1-12(18,13(14,15)16)10-3-2-9-8-4-6-17(7-5-8)11(9)10/h8-11,18H,2-7H2,1H3. The molecule has 5 heteroatoms. The minimum atomic E-state index is -4.52. The first-order valence-electron chi connectivity index (χ1n) is 6.85. The smallest absolute Gasteiger partial charge is 0.380 e. The lowest BCUT2D eigenvalue weighted by Crippen LogP contribution is -2.61. The van der Waals surface area contributed by atoms with Crippen LogP contribution in [0, 0.1) is 17.8 Å². The van der Waals surface area contributed by atoms with Gasteiger partial charge in [-0.2, -0.15) is 13.2 Å². The highest BCUT2D eigenvalue weighted by atomic mass is 19.4. The van der Waals surface area contributed by atoms with Gasteiger partial charge in [-0.1, -0.05) is 0 Å². The summed E-state index contributed by atoms with van der Waals surface area (Å²) < 4.78 is 39.1. The quantitative estimate of drug-likeness (QED) is 0.785. The van der Waals surface area contributed by atoms with Gasteiger partial charge in [0, 0.05) is 12.0 Å². The topological polar surface area (TPSA) is 23.5 Å². The molecule has 3 saturated heterocycles. The number of aliphatic hydroxyl groups is 1. The highest BCUT2D eigenvalue weighted by Crippen LogP contribution is 2.53. The molecule has 1 N–H and O–H groups in total. The Morgan fingerprint density at radius 3 is 2.22 bits per heavy atom. The fourth-order valence-electron chi connectivity index (χ4n) is 4.52. The zero-order chi connectivity index (χ0) is 13.1. The summed E-state index contributed by atoms with van der Waals surface area (Å²) in [6.07, 6.45) is -0.911. The van der Waals surface area contributed by atoms with Crippen molar-refractivity contribution in [2.75, 3.05) is 13.1 Å². The Balaban J connectivity index is 1.87. The van der Waals surface area contributed by atoms with Gasteiger partial charge in [-0.25, -0.2) is 0 Å². The van der Waals surface area contributed by atoms with E-state index in [1.807, 2.05) is 0 Å². The molecule has 0 spiro atoms. The second-order valence-corrected chi connectivity index (χ2v) is 6.36. The molecule has 104 valence electrons. The Morgan fingerprint density at radius 1 is 1.06 bits per heavy atom. The van der Waals surface area contributed by atoms with Crippen LogP contribution in [0.1, 0.15) is 32.6 Å². The fraction of sp³-hybridized carbons (Fsp3) is 1.00. The molecule has 1 saturated carbocycles. The maximum absolute atomic E-state index is 13.0. The van der Waals surface area contributed by atoms with Gasteiger partial charge in [-0.15, -0.1) is 0 Å². The molecule has 2 bridgehead atoms. The monoisotopic (exact) mass is 263 g/mol. The van der Waals surface area contributed by atoms with Crippen molar-refractivity contribution >= 4 is 0 Å². The van der Waals surface area contributed by atoms with E-state index in [1.54, 1.807) is 0 Å². The van der Waals surface area contributed by atoms with Gasteiger partial charge in [-0.3, -0.25) is 4.90 Å². The molecule has 1 aliphatic carbocycles. The van der Waals surface area contributed by atoms with E-state index < -0.39 is 17.7 Å². The van der Waals surface area contributed by atoms with E-state index in [-0.39, 0.29) is 6.04 Å². The molecule has 0 amide bonds. The summed E-state index contributed by atoms with van der Waals surface area (Å²) in [5.74, 6) is 0.325. The number of rotatable bonds is 1. The molecule has 4 atom stereocenters. The van der Waals surface area contributed by atoms with Crippen molar-refractivity contribution in [3.8, 4) is 0 Å². The van der Waals surface area contributed by atoms with Crippen LogP contribution in [0.15, 0.2) is 0 Å². The van der Waals surface area contributed by atoms with Gasteiger partial charge in [0.1, 0.15) is 0 Å². The molecule has 3 aliphatic heterocycles. The van der Waals surface area contributed by atoms with Crippen molar-refractivity contribution in [2.45, 2.75) is 50.4 Å². The number of halogens is 3. The lowest BCUT2D eigenvalue weighted by Gasteiger charge is -2.52. The highest BCUT2D eigenvalue weighted by Gasteiger charge is 2.62. The van der Waals surface area contributed by atoms with E-state index >= 15 is 0 Å². The van der Waals surface area contributed by atoms with Gasteiger partial charge in [0.05, 0.1) is 0 Å². The predicted molar refractivity (Wildman–Crippen MR) is 61.0 cm³/mol. The van der Waals surface area contributed by atoms with Crippen LogP contribution in [0.4, 0.5) is 13.2 Å². The van der Waals surface area contributed by atoms with Crippen LogP contribution in [-0.2, 0) is 0 Å². The van der Waals surface area contributed by atoms with Crippen molar-refractivity contribution < 1.29 is 18.3 Å². The molecule has 0 radical (unpaired) electrons. The van der Waals surface area contributed by atoms with Crippen LogP contribution in [-0.4, -0.2) is 40.9 Å². The third-order valence-electron chi connectivity index (χ3n) is 5.56. The van der Waals surface area contributed by atoms with Gasteiger partial charge < -0.3 is 5.11 Å². The van der Waals surface area contributed by atoms with Crippen LogP contribution < -0.4 is 0 Å². The van der Waals surface area contributed by atoms with Crippen LogP contribution in [0.3, 0.4) is 0 Å². The van der Waals surface area contributed by atoms with Gasteiger partial charge in [0.25, 0.3) is 0 Å².